The van der Waals surface area contributed by atoms with Gasteiger partial charge >= 0.3 is 5.97 Å². The van der Waals surface area contributed by atoms with Crippen LogP contribution >= 0.6 is 0 Å². The monoisotopic (exact) mass is 265 g/mol. The van der Waals surface area contributed by atoms with Crippen molar-refractivity contribution in [3.8, 4) is 5.75 Å². The summed E-state index contributed by atoms with van der Waals surface area (Å²) in [5.41, 5.74) is 0.809. The van der Waals surface area contributed by atoms with Crippen molar-refractivity contribution in [1.82, 2.24) is 5.32 Å². The predicted octanol–water partition coefficient (Wildman–Crippen LogP) is 2.55. The van der Waals surface area contributed by atoms with E-state index in [1.165, 1.54) is 0 Å². The standard InChI is InChI=1S/C15H23NO3/c1-5-19-15(17)14(16-10-11(2)3)12-8-6-7-9-13(12)18-4/h6-9,11,14,16H,5,10H2,1-4H3. The molecule has 0 aliphatic carbocycles. The zero-order valence-corrected chi connectivity index (χ0v) is 12.1. The Morgan fingerprint density at radius 3 is 2.58 bits per heavy atom. The summed E-state index contributed by atoms with van der Waals surface area (Å²) < 4.78 is 10.4. The molecule has 0 saturated heterocycles. The third-order valence-electron chi connectivity index (χ3n) is 2.70. The van der Waals surface area contributed by atoms with Crippen LogP contribution in [0.2, 0.25) is 0 Å². The smallest absolute Gasteiger partial charge is 0.327 e. The van der Waals surface area contributed by atoms with Crippen molar-refractivity contribution in [2.24, 2.45) is 5.92 Å². The lowest BCUT2D eigenvalue weighted by molar-refractivity contribution is -0.145. The number of hydrogen-bond acceptors (Lipinski definition) is 4. The topological polar surface area (TPSA) is 47.6 Å². The van der Waals surface area contributed by atoms with Gasteiger partial charge in [0.05, 0.1) is 13.7 Å². The summed E-state index contributed by atoms with van der Waals surface area (Å²) in [6, 6.07) is 7.01. The first-order chi connectivity index (χ1) is 9.10. The molecule has 1 rings (SSSR count). The molecular formula is C15H23NO3. The molecule has 4 nitrogen and oxygen atoms in total. The number of carbonyl (C=O) groups excluding carboxylic acids is 1. The molecule has 4 heteroatoms. The lowest BCUT2D eigenvalue weighted by atomic mass is 10.0. The minimum atomic E-state index is -0.488. The van der Waals surface area contributed by atoms with E-state index in [0.717, 1.165) is 12.1 Å². The van der Waals surface area contributed by atoms with Gasteiger partial charge in [-0.3, -0.25) is 0 Å². The van der Waals surface area contributed by atoms with E-state index in [9.17, 15) is 4.79 Å². The van der Waals surface area contributed by atoms with Crippen LogP contribution in [0, 0.1) is 5.92 Å². The molecule has 1 N–H and O–H groups in total. The quantitative estimate of drug-likeness (QED) is 0.770. The molecule has 0 aromatic heterocycles. The van der Waals surface area contributed by atoms with Crippen LogP contribution in [0.1, 0.15) is 32.4 Å². The highest BCUT2D eigenvalue weighted by molar-refractivity contribution is 5.78. The fourth-order valence-corrected chi connectivity index (χ4v) is 1.80. The molecule has 0 aliphatic rings. The SMILES string of the molecule is CCOC(=O)C(NCC(C)C)c1ccccc1OC. The Bertz CT molecular complexity index is 404. The van der Waals surface area contributed by atoms with E-state index < -0.39 is 6.04 Å². The van der Waals surface area contributed by atoms with E-state index in [-0.39, 0.29) is 5.97 Å². The summed E-state index contributed by atoms with van der Waals surface area (Å²) in [6.07, 6.45) is 0. The summed E-state index contributed by atoms with van der Waals surface area (Å²) in [5.74, 6) is 0.871. The summed E-state index contributed by atoms with van der Waals surface area (Å²) in [4.78, 5) is 12.1. The van der Waals surface area contributed by atoms with Crippen molar-refractivity contribution < 1.29 is 14.3 Å². The number of ether oxygens (including phenoxy) is 2. The van der Waals surface area contributed by atoms with Crippen LogP contribution in [0.15, 0.2) is 24.3 Å². The molecule has 1 unspecified atom stereocenters. The van der Waals surface area contributed by atoms with Crippen LogP contribution in [-0.2, 0) is 9.53 Å². The summed E-state index contributed by atoms with van der Waals surface area (Å²) in [7, 11) is 1.60. The first-order valence-corrected chi connectivity index (χ1v) is 6.63. The Morgan fingerprint density at radius 1 is 1.32 bits per heavy atom. The van der Waals surface area contributed by atoms with E-state index >= 15 is 0 Å². The molecule has 0 saturated carbocycles. The van der Waals surface area contributed by atoms with Gasteiger partial charge in [-0.1, -0.05) is 32.0 Å². The van der Waals surface area contributed by atoms with Crippen LogP contribution in [0.4, 0.5) is 0 Å². The van der Waals surface area contributed by atoms with Gasteiger partial charge in [-0.05, 0) is 25.5 Å². The zero-order chi connectivity index (χ0) is 14.3. The molecule has 0 radical (unpaired) electrons. The van der Waals surface area contributed by atoms with E-state index in [1.807, 2.05) is 24.3 Å². The lowest BCUT2D eigenvalue weighted by Crippen LogP contribution is -2.33. The van der Waals surface area contributed by atoms with Crippen LogP contribution in [-0.4, -0.2) is 26.2 Å². The number of methoxy groups -OCH3 is 1. The third kappa shape index (κ3) is 4.56. The van der Waals surface area contributed by atoms with E-state index in [4.69, 9.17) is 9.47 Å². The lowest BCUT2D eigenvalue weighted by Gasteiger charge is -2.20. The summed E-state index contributed by atoms with van der Waals surface area (Å²) >= 11 is 0. The minimum Gasteiger partial charge on any atom is -0.496 e. The molecule has 106 valence electrons. The van der Waals surface area contributed by atoms with Crippen LogP contribution < -0.4 is 10.1 Å². The Kier molecular flexibility index (Phi) is 6.36. The summed E-state index contributed by atoms with van der Waals surface area (Å²) in [6.45, 7) is 7.10. The van der Waals surface area contributed by atoms with E-state index in [1.54, 1.807) is 14.0 Å². The van der Waals surface area contributed by atoms with Gasteiger partial charge in [0.1, 0.15) is 11.8 Å². The second kappa shape index (κ2) is 7.79. The van der Waals surface area contributed by atoms with Gasteiger partial charge in [-0.2, -0.15) is 0 Å². The van der Waals surface area contributed by atoms with Crippen molar-refractivity contribution in [3.05, 3.63) is 29.8 Å². The Morgan fingerprint density at radius 2 is 2.00 bits per heavy atom. The molecule has 19 heavy (non-hydrogen) atoms. The second-order valence-corrected chi connectivity index (χ2v) is 4.73. The minimum absolute atomic E-state index is 0.271. The van der Waals surface area contributed by atoms with Crippen molar-refractivity contribution in [1.29, 1.82) is 0 Å². The van der Waals surface area contributed by atoms with Crippen LogP contribution in [0.25, 0.3) is 0 Å². The van der Waals surface area contributed by atoms with E-state index in [0.29, 0.717) is 18.3 Å². The maximum absolute atomic E-state index is 12.1. The molecular weight excluding hydrogens is 242 g/mol. The number of hydrogen-bond donors (Lipinski definition) is 1. The van der Waals surface area contributed by atoms with Crippen molar-refractivity contribution in [3.63, 3.8) is 0 Å². The number of carbonyl (C=O) groups is 1. The molecule has 1 atom stereocenters. The largest absolute Gasteiger partial charge is 0.496 e. The van der Waals surface area contributed by atoms with E-state index in [2.05, 4.69) is 19.2 Å². The highest BCUT2D eigenvalue weighted by Crippen LogP contribution is 2.25. The predicted molar refractivity (Wildman–Crippen MR) is 75.2 cm³/mol. The Hall–Kier alpha value is -1.55. The Labute approximate surface area is 115 Å². The van der Waals surface area contributed by atoms with Gasteiger partial charge in [0.2, 0.25) is 0 Å². The van der Waals surface area contributed by atoms with Gasteiger partial charge in [-0.25, -0.2) is 4.79 Å². The molecule has 0 aliphatic heterocycles. The van der Waals surface area contributed by atoms with Gasteiger partial charge in [-0.15, -0.1) is 0 Å². The van der Waals surface area contributed by atoms with Crippen molar-refractivity contribution in [2.45, 2.75) is 26.8 Å². The molecule has 1 aromatic carbocycles. The fraction of sp³-hybridized carbons (Fsp3) is 0.533. The maximum atomic E-state index is 12.1. The maximum Gasteiger partial charge on any atom is 0.327 e. The van der Waals surface area contributed by atoms with Crippen molar-refractivity contribution >= 4 is 5.97 Å². The van der Waals surface area contributed by atoms with Crippen LogP contribution in [0.3, 0.4) is 0 Å². The first-order valence-electron chi connectivity index (χ1n) is 6.63. The molecule has 0 bridgehead atoms. The van der Waals surface area contributed by atoms with Gasteiger partial charge in [0.25, 0.3) is 0 Å². The molecule has 1 aromatic rings. The highest BCUT2D eigenvalue weighted by Gasteiger charge is 2.24. The average molecular weight is 265 g/mol. The second-order valence-electron chi connectivity index (χ2n) is 4.73. The first kappa shape index (κ1) is 15.5. The molecule has 0 heterocycles. The van der Waals surface area contributed by atoms with Gasteiger partial charge in [0.15, 0.2) is 0 Å². The average Bonchev–Trinajstić information content (AvgIpc) is 2.39. The number of benzene rings is 1. The van der Waals surface area contributed by atoms with Gasteiger partial charge < -0.3 is 14.8 Å². The number of esters is 1. The van der Waals surface area contributed by atoms with Crippen molar-refractivity contribution in [2.75, 3.05) is 20.3 Å². The summed E-state index contributed by atoms with van der Waals surface area (Å²) in [5, 5.41) is 3.24. The Balaban J connectivity index is 2.97. The molecule has 0 amide bonds. The zero-order valence-electron chi connectivity index (χ0n) is 12.1. The highest BCUT2D eigenvalue weighted by atomic mass is 16.5. The normalized spacial score (nSPS) is 12.3. The number of para-hydroxylation sites is 1. The third-order valence-corrected chi connectivity index (χ3v) is 2.70. The fourth-order valence-electron chi connectivity index (χ4n) is 1.80. The number of rotatable bonds is 7. The molecule has 0 fully saturated rings. The van der Waals surface area contributed by atoms with Gasteiger partial charge in [0, 0.05) is 5.56 Å². The molecule has 0 spiro atoms. The number of nitrogens with one attached hydrogen (secondary N) is 1. The van der Waals surface area contributed by atoms with Crippen LogP contribution in [0.5, 0.6) is 5.75 Å².